The Hall–Kier alpha value is -1.92. The molecule has 23 heavy (non-hydrogen) atoms. The van der Waals surface area contributed by atoms with Gasteiger partial charge in [-0.2, -0.15) is 0 Å². The Morgan fingerprint density at radius 2 is 1.87 bits per heavy atom. The van der Waals surface area contributed by atoms with Crippen molar-refractivity contribution in [3.05, 3.63) is 29.3 Å². The third kappa shape index (κ3) is 5.33. The Balaban J connectivity index is 1.79. The number of aryl methyl sites for hydroxylation is 2. The summed E-state index contributed by atoms with van der Waals surface area (Å²) in [5.74, 6) is -0.0830. The van der Waals surface area contributed by atoms with E-state index in [-0.39, 0.29) is 24.9 Å². The number of morpholine rings is 1. The Kier molecular flexibility index (Phi) is 6.12. The van der Waals surface area contributed by atoms with Gasteiger partial charge >= 0.3 is 0 Å². The summed E-state index contributed by atoms with van der Waals surface area (Å²) >= 11 is 0. The maximum Gasteiger partial charge on any atom is 0.238 e. The second kappa shape index (κ2) is 8.08. The van der Waals surface area contributed by atoms with E-state index in [2.05, 4.69) is 5.32 Å². The zero-order chi connectivity index (χ0) is 16.8. The van der Waals surface area contributed by atoms with E-state index in [1.165, 1.54) is 5.56 Å². The van der Waals surface area contributed by atoms with E-state index < -0.39 is 0 Å². The summed E-state index contributed by atoms with van der Waals surface area (Å²) in [6, 6.07) is 5.82. The molecule has 0 radical (unpaired) electrons. The highest BCUT2D eigenvalue weighted by Crippen LogP contribution is 2.14. The average Bonchev–Trinajstić information content (AvgIpc) is 2.51. The van der Waals surface area contributed by atoms with E-state index in [9.17, 15) is 9.59 Å². The van der Waals surface area contributed by atoms with Crippen molar-refractivity contribution in [2.45, 2.75) is 13.8 Å². The fourth-order valence-corrected chi connectivity index (χ4v) is 2.46. The second-order valence-electron chi connectivity index (χ2n) is 6.01. The number of benzene rings is 1. The number of likely N-dealkylation sites (N-methyl/N-ethyl adjacent to an activating group) is 1. The normalized spacial score (nSPS) is 14.9. The molecule has 2 amide bonds. The third-order valence-electron chi connectivity index (χ3n) is 3.97. The van der Waals surface area contributed by atoms with Gasteiger partial charge in [0.25, 0.3) is 0 Å². The van der Waals surface area contributed by atoms with Gasteiger partial charge in [0.2, 0.25) is 11.8 Å². The van der Waals surface area contributed by atoms with Gasteiger partial charge in [0, 0.05) is 18.8 Å². The molecule has 6 heteroatoms. The van der Waals surface area contributed by atoms with Gasteiger partial charge in [-0.05, 0) is 44.2 Å². The highest BCUT2D eigenvalue weighted by atomic mass is 16.5. The van der Waals surface area contributed by atoms with Crippen molar-refractivity contribution in [2.24, 2.45) is 0 Å². The summed E-state index contributed by atoms with van der Waals surface area (Å²) in [6.07, 6.45) is 0. The van der Waals surface area contributed by atoms with E-state index in [1.54, 1.807) is 16.8 Å². The summed E-state index contributed by atoms with van der Waals surface area (Å²) < 4.78 is 5.23. The number of carbonyl (C=O) groups excluding carboxylic acids is 2. The Morgan fingerprint density at radius 3 is 2.52 bits per heavy atom. The fraction of sp³-hybridized carbons (Fsp3) is 0.529. The number of amides is 2. The molecule has 1 saturated heterocycles. The topological polar surface area (TPSA) is 61.9 Å². The molecule has 1 heterocycles. The van der Waals surface area contributed by atoms with Crippen LogP contribution < -0.4 is 5.32 Å². The van der Waals surface area contributed by atoms with Crippen molar-refractivity contribution < 1.29 is 14.3 Å². The SMILES string of the molecule is Cc1ccc(NC(=O)CN(C)CC(=O)N2CCOCC2)cc1C. The molecule has 6 nitrogen and oxygen atoms in total. The van der Waals surface area contributed by atoms with Crippen LogP contribution >= 0.6 is 0 Å². The number of hydrogen-bond acceptors (Lipinski definition) is 4. The lowest BCUT2D eigenvalue weighted by atomic mass is 10.1. The van der Waals surface area contributed by atoms with Crippen molar-refractivity contribution in [3.63, 3.8) is 0 Å². The molecule has 1 fully saturated rings. The molecule has 1 N–H and O–H groups in total. The van der Waals surface area contributed by atoms with Crippen LogP contribution in [0.25, 0.3) is 0 Å². The fourth-order valence-electron chi connectivity index (χ4n) is 2.46. The first-order valence-electron chi connectivity index (χ1n) is 7.87. The molecule has 0 bridgehead atoms. The number of carbonyl (C=O) groups is 2. The molecule has 0 aliphatic carbocycles. The van der Waals surface area contributed by atoms with E-state index >= 15 is 0 Å². The standard InChI is InChI=1S/C17H25N3O3/c1-13-4-5-15(10-14(13)2)18-16(21)11-19(3)12-17(22)20-6-8-23-9-7-20/h4-5,10H,6-9,11-12H2,1-3H3,(H,18,21). The number of rotatable bonds is 5. The largest absolute Gasteiger partial charge is 0.378 e. The van der Waals surface area contributed by atoms with Crippen molar-refractivity contribution in [1.29, 1.82) is 0 Å². The minimum absolute atomic E-state index is 0.0368. The summed E-state index contributed by atoms with van der Waals surface area (Å²) in [5, 5.41) is 2.87. The smallest absolute Gasteiger partial charge is 0.238 e. The molecular formula is C17H25N3O3. The van der Waals surface area contributed by atoms with Gasteiger partial charge in [0.15, 0.2) is 0 Å². The molecule has 0 atom stereocenters. The summed E-state index contributed by atoms with van der Waals surface area (Å²) in [5.41, 5.74) is 3.11. The lowest BCUT2D eigenvalue weighted by Crippen LogP contribution is -2.46. The Bertz CT molecular complexity index is 568. The minimum Gasteiger partial charge on any atom is -0.378 e. The van der Waals surface area contributed by atoms with E-state index in [4.69, 9.17) is 4.74 Å². The molecule has 0 spiro atoms. The molecule has 126 valence electrons. The number of nitrogens with one attached hydrogen (secondary N) is 1. The molecular weight excluding hydrogens is 294 g/mol. The zero-order valence-corrected chi connectivity index (χ0v) is 14.1. The van der Waals surface area contributed by atoms with E-state index in [0.717, 1.165) is 11.3 Å². The number of ether oxygens (including phenoxy) is 1. The van der Waals surface area contributed by atoms with Crippen LogP contribution in [0.15, 0.2) is 18.2 Å². The maximum absolute atomic E-state index is 12.1. The molecule has 0 saturated carbocycles. The van der Waals surface area contributed by atoms with Crippen LogP contribution in [0.3, 0.4) is 0 Å². The summed E-state index contributed by atoms with van der Waals surface area (Å²) in [6.45, 7) is 6.89. The van der Waals surface area contributed by atoms with E-state index in [0.29, 0.717) is 26.3 Å². The number of nitrogens with zero attached hydrogens (tertiary/aromatic N) is 2. The average molecular weight is 319 g/mol. The second-order valence-corrected chi connectivity index (χ2v) is 6.01. The van der Waals surface area contributed by atoms with Crippen LogP contribution in [0.2, 0.25) is 0 Å². The van der Waals surface area contributed by atoms with Crippen molar-refractivity contribution in [3.8, 4) is 0 Å². The highest BCUT2D eigenvalue weighted by Gasteiger charge is 2.19. The third-order valence-corrected chi connectivity index (χ3v) is 3.97. The Morgan fingerprint density at radius 1 is 1.17 bits per heavy atom. The predicted molar refractivity (Wildman–Crippen MR) is 89.4 cm³/mol. The predicted octanol–water partition coefficient (Wildman–Crippen LogP) is 1.03. The monoisotopic (exact) mass is 319 g/mol. The van der Waals surface area contributed by atoms with Gasteiger partial charge in [0.1, 0.15) is 0 Å². The summed E-state index contributed by atoms with van der Waals surface area (Å²) in [4.78, 5) is 27.7. The van der Waals surface area contributed by atoms with Crippen molar-refractivity contribution >= 4 is 17.5 Å². The van der Waals surface area contributed by atoms with Crippen LogP contribution in [-0.2, 0) is 14.3 Å². The lowest BCUT2D eigenvalue weighted by Gasteiger charge is -2.28. The van der Waals surface area contributed by atoms with Gasteiger partial charge in [-0.15, -0.1) is 0 Å². The first kappa shape index (κ1) is 17.4. The molecule has 1 aromatic rings. The van der Waals surface area contributed by atoms with Crippen LogP contribution in [0.5, 0.6) is 0 Å². The Labute approximate surface area is 137 Å². The maximum atomic E-state index is 12.1. The molecule has 1 aliphatic rings. The van der Waals surface area contributed by atoms with E-state index in [1.807, 2.05) is 32.0 Å². The molecule has 1 aromatic carbocycles. The first-order valence-corrected chi connectivity index (χ1v) is 7.87. The quantitative estimate of drug-likeness (QED) is 0.881. The number of hydrogen-bond donors (Lipinski definition) is 1. The van der Waals surface area contributed by atoms with Crippen LogP contribution in [0, 0.1) is 13.8 Å². The zero-order valence-electron chi connectivity index (χ0n) is 14.1. The van der Waals surface area contributed by atoms with Crippen molar-refractivity contribution in [2.75, 3.05) is 51.8 Å². The lowest BCUT2D eigenvalue weighted by molar-refractivity contribution is -0.136. The minimum atomic E-state index is -0.120. The molecule has 2 rings (SSSR count). The van der Waals surface area contributed by atoms with Gasteiger partial charge in [0.05, 0.1) is 26.3 Å². The van der Waals surface area contributed by atoms with Crippen LogP contribution in [-0.4, -0.2) is 68.1 Å². The molecule has 0 unspecified atom stereocenters. The van der Waals surface area contributed by atoms with Crippen LogP contribution in [0.4, 0.5) is 5.69 Å². The number of anilines is 1. The van der Waals surface area contributed by atoms with Crippen LogP contribution in [0.1, 0.15) is 11.1 Å². The van der Waals surface area contributed by atoms with Gasteiger partial charge in [-0.1, -0.05) is 6.07 Å². The summed E-state index contributed by atoms with van der Waals surface area (Å²) in [7, 11) is 1.78. The first-order chi connectivity index (χ1) is 11.0. The molecule has 0 aromatic heterocycles. The van der Waals surface area contributed by atoms with Gasteiger partial charge < -0.3 is 15.0 Å². The van der Waals surface area contributed by atoms with Gasteiger partial charge in [-0.25, -0.2) is 0 Å². The highest BCUT2D eigenvalue weighted by molar-refractivity contribution is 5.92. The van der Waals surface area contributed by atoms with Crippen molar-refractivity contribution in [1.82, 2.24) is 9.80 Å². The van der Waals surface area contributed by atoms with Gasteiger partial charge in [-0.3, -0.25) is 14.5 Å². The molecule has 1 aliphatic heterocycles.